The monoisotopic (exact) mass is 275 g/mol. The summed E-state index contributed by atoms with van der Waals surface area (Å²) in [4.78, 5) is 18.6. The molecule has 0 saturated heterocycles. The molecule has 1 aromatic carbocycles. The third-order valence-corrected chi connectivity index (χ3v) is 2.75. The summed E-state index contributed by atoms with van der Waals surface area (Å²) < 4.78 is 5.09. The first-order valence-electron chi connectivity index (χ1n) is 6.33. The molecule has 0 atom stereocenters. The highest BCUT2D eigenvalue weighted by Gasteiger charge is 2.04. The van der Waals surface area contributed by atoms with E-state index >= 15 is 0 Å². The number of ether oxygens (including phenoxy) is 1. The van der Waals surface area contributed by atoms with E-state index in [2.05, 4.69) is 15.3 Å². The minimum Gasteiger partial charge on any atom is -0.497 e. The van der Waals surface area contributed by atoms with Crippen LogP contribution in [-0.4, -0.2) is 35.3 Å². The van der Waals surface area contributed by atoms with Gasteiger partial charge in [0.1, 0.15) is 5.75 Å². The molecule has 0 bridgehead atoms. The van der Waals surface area contributed by atoms with Crippen LogP contribution in [0, 0.1) is 0 Å². The number of benzene rings is 1. The number of rotatable bonds is 6. The molecule has 0 aliphatic carbocycles. The van der Waals surface area contributed by atoms with Crippen LogP contribution in [0.4, 0.5) is 5.95 Å². The maximum Gasteiger partial charge on any atom is 0.252 e. The van der Waals surface area contributed by atoms with Gasteiger partial charge in [-0.3, -0.25) is 9.78 Å². The van der Waals surface area contributed by atoms with Gasteiger partial charge in [0, 0.05) is 24.8 Å². The predicted octanol–water partition coefficient (Wildman–Crippen LogP) is 1.24. The molecule has 0 radical (unpaired) electrons. The molecule has 0 aliphatic rings. The highest BCUT2D eigenvalue weighted by molar-refractivity contribution is 5.60. The number of nitrogens with zero attached hydrogens (tertiary/aromatic N) is 1. The van der Waals surface area contributed by atoms with Crippen LogP contribution in [0.5, 0.6) is 5.75 Å². The Balaban J connectivity index is 2.24. The molecule has 106 valence electrons. The van der Waals surface area contributed by atoms with Gasteiger partial charge >= 0.3 is 0 Å². The normalized spacial score (nSPS) is 10.3. The first-order chi connectivity index (χ1) is 9.72. The predicted molar refractivity (Wildman–Crippen MR) is 77.0 cm³/mol. The number of aromatic amines is 1. The van der Waals surface area contributed by atoms with E-state index in [1.807, 2.05) is 24.3 Å². The Morgan fingerprint density at radius 1 is 1.35 bits per heavy atom. The summed E-state index contributed by atoms with van der Waals surface area (Å²) in [6, 6.07) is 8.77. The molecule has 6 nitrogen and oxygen atoms in total. The Labute approximate surface area is 116 Å². The molecule has 3 N–H and O–H groups in total. The molecule has 0 saturated carbocycles. The van der Waals surface area contributed by atoms with Crippen molar-refractivity contribution >= 4 is 5.95 Å². The lowest BCUT2D eigenvalue weighted by molar-refractivity contribution is 0.292. The van der Waals surface area contributed by atoms with Crippen LogP contribution in [0.1, 0.15) is 6.42 Å². The highest BCUT2D eigenvalue weighted by atomic mass is 16.5. The molecular formula is C14H17N3O3. The summed E-state index contributed by atoms with van der Waals surface area (Å²) in [6.45, 7) is 0.640. The van der Waals surface area contributed by atoms with Gasteiger partial charge in [0.2, 0.25) is 5.95 Å². The largest absolute Gasteiger partial charge is 0.497 e. The first-order valence-corrected chi connectivity index (χ1v) is 6.33. The van der Waals surface area contributed by atoms with E-state index in [9.17, 15) is 4.79 Å². The summed E-state index contributed by atoms with van der Waals surface area (Å²) >= 11 is 0. The highest BCUT2D eigenvalue weighted by Crippen LogP contribution is 2.20. The zero-order valence-electron chi connectivity index (χ0n) is 11.2. The quantitative estimate of drug-likeness (QED) is 0.690. The third kappa shape index (κ3) is 3.58. The molecule has 0 spiro atoms. The first kappa shape index (κ1) is 14.1. The summed E-state index contributed by atoms with van der Waals surface area (Å²) in [5, 5.41) is 11.7. The minimum atomic E-state index is -0.225. The second-order valence-corrected chi connectivity index (χ2v) is 4.21. The average molecular weight is 275 g/mol. The standard InChI is InChI=1S/C14H17N3O3/c1-20-11-5-3-10(4-6-11)12-9-13(19)17-14(16-12)15-7-2-8-18/h3-6,9,18H,2,7-8H2,1H3,(H2,15,16,17,19). The van der Waals surface area contributed by atoms with Crippen molar-refractivity contribution in [2.24, 2.45) is 0 Å². The van der Waals surface area contributed by atoms with Crippen molar-refractivity contribution in [3.05, 3.63) is 40.7 Å². The van der Waals surface area contributed by atoms with Crippen molar-refractivity contribution in [3.63, 3.8) is 0 Å². The molecule has 0 aliphatic heterocycles. The minimum absolute atomic E-state index is 0.0927. The number of hydrogen-bond donors (Lipinski definition) is 3. The number of aromatic nitrogens is 2. The van der Waals surface area contributed by atoms with Crippen molar-refractivity contribution in [1.29, 1.82) is 0 Å². The fourth-order valence-corrected chi connectivity index (χ4v) is 1.74. The second kappa shape index (κ2) is 6.72. The Kier molecular flexibility index (Phi) is 4.73. The molecular weight excluding hydrogens is 258 g/mol. The fraction of sp³-hybridized carbons (Fsp3) is 0.286. The fourth-order valence-electron chi connectivity index (χ4n) is 1.74. The molecule has 1 aromatic heterocycles. The van der Waals surface area contributed by atoms with Gasteiger partial charge in [-0.2, -0.15) is 0 Å². The summed E-state index contributed by atoms with van der Waals surface area (Å²) in [6.07, 6.45) is 0.594. The van der Waals surface area contributed by atoms with Crippen LogP contribution in [0.15, 0.2) is 35.1 Å². The number of methoxy groups -OCH3 is 1. The van der Waals surface area contributed by atoms with E-state index in [-0.39, 0.29) is 12.2 Å². The van der Waals surface area contributed by atoms with Crippen LogP contribution in [0.3, 0.4) is 0 Å². The lowest BCUT2D eigenvalue weighted by Crippen LogP contribution is -2.14. The summed E-state index contributed by atoms with van der Waals surface area (Å²) in [5.41, 5.74) is 1.20. The molecule has 2 rings (SSSR count). The number of H-pyrrole nitrogens is 1. The molecule has 0 amide bonds. The van der Waals surface area contributed by atoms with E-state index < -0.39 is 0 Å². The van der Waals surface area contributed by atoms with Gasteiger partial charge in [0.05, 0.1) is 12.8 Å². The zero-order chi connectivity index (χ0) is 14.4. The maximum absolute atomic E-state index is 11.6. The summed E-state index contributed by atoms with van der Waals surface area (Å²) in [5.74, 6) is 1.15. The van der Waals surface area contributed by atoms with Gasteiger partial charge in [0.15, 0.2) is 0 Å². The molecule has 2 aromatic rings. The number of hydrogen-bond acceptors (Lipinski definition) is 5. The van der Waals surface area contributed by atoms with E-state index in [1.54, 1.807) is 7.11 Å². The Morgan fingerprint density at radius 2 is 2.10 bits per heavy atom. The van der Waals surface area contributed by atoms with Crippen LogP contribution >= 0.6 is 0 Å². The zero-order valence-corrected chi connectivity index (χ0v) is 11.2. The van der Waals surface area contributed by atoms with E-state index in [0.717, 1.165) is 11.3 Å². The van der Waals surface area contributed by atoms with Crippen molar-refractivity contribution in [2.45, 2.75) is 6.42 Å². The number of aliphatic hydroxyl groups excluding tert-OH is 1. The van der Waals surface area contributed by atoms with Gasteiger partial charge in [0.25, 0.3) is 5.56 Å². The van der Waals surface area contributed by atoms with Crippen molar-refractivity contribution in [2.75, 3.05) is 25.6 Å². The topological polar surface area (TPSA) is 87.2 Å². The molecule has 20 heavy (non-hydrogen) atoms. The second-order valence-electron chi connectivity index (χ2n) is 4.21. The van der Waals surface area contributed by atoms with Gasteiger partial charge in [-0.15, -0.1) is 0 Å². The Bertz CT molecular complexity index is 608. The van der Waals surface area contributed by atoms with Crippen LogP contribution in [0.25, 0.3) is 11.3 Å². The van der Waals surface area contributed by atoms with Crippen molar-refractivity contribution in [1.82, 2.24) is 9.97 Å². The Hall–Kier alpha value is -2.34. The van der Waals surface area contributed by atoms with Gasteiger partial charge < -0.3 is 15.2 Å². The average Bonchev–Trinajstić information content (AvgIpc) is 2.47. The van der Waals surface area contributed by atoms with E-state index in [1.165, 1.54) is 6.07 Å². The van der Waals surface area contributed by atoms with Crippen LogP contribution in [-0.2, 0) is 0 Å². The molecule has 1 heterocycles. The van der Waals surface area contributed by atoms with Gasteiger partial charge in [-0.25, -0.2) is 4.98 Å². The molecule has 6 heteroatoms. The smallest absolute Gasteiger partial charge is 0.252 e. The van der Waals surface area contributed by atoms with Gasteiger partial charge in [-0.1, -0.05) is 0 Å². The molecule has 0 fully saturated rings. The maximum atomic E-state index is 11.6. The SMILES string of the molecule is COc1ccc(-c2cc(=O)[nH]c(NCCCO)n2)cc1. The van der Waals surface area contributed by atoms with Crippen molar-refractivity contribution < 1.29 is 9.84 Å². The van der Waals surface area contributed by atoms with Gasteiger partial charge in [-0.05, 0) is 30.7 Å². The summed E-state index contributed by atoms with van der Waals surface area (Å²) in [7, 11) is 1.60. The van der Waals surface area contributed by atoms with Crippen LogP contribution in [0.2, 0.25) is 0 Å². The third-order valence-electron chi connectivity index (χ3n) is 2.75. The Morgan fingerprint density at radius 3 is 2.75 bits per heavy atom. The lowest BCUT2D eigenvalue weighted by atomic mass is 10.1. The van der Waals surface area contributed by atoms with E-state index in [0.29, 0.717) is 24.6 Å². The molecule has 0 unspecified atom stereocenters. The van der Waals surface area contributed by atoms with Crippen LogP contribution < -0.4 is 15.6 Å². The number of nitrogens with one attached hydrogen (secondary N) is 2. The number of aliphatic hydroxyl groups is 1. The van der Waals surface area contributed by atoms with Crippen molar-refractivity contribution in [3.8, 4) is 17.0 Å². The van der Waals surface area contributed by atoms with E-state index in [4.69, 9.17) is 9.84 Å². The lowest BCUT2D eigenvalue weighted by Gasteiger charge is -2.07. The number of anilines is 1.